The molecular formula is C9H16N2O2. The Morgan fingerprint density at radius 2 is 2.31 bits per heavy atom. The van der Waals surface area contributed by atoms with Crippen LogP contribution in [-0.4, -0.2) is 12.2 Å². The van der Waals surface area contributed by atoms with Crippen LogP contribution in [0.4, 0.5) is 4.79 Å². The Morgan fingerprint density at radius 1 is 1.46 bits per heavy atom. The summed E-state index contributed by atoms with van der Waals surface area (Å²) in [6.07, 6.45) is 8.84. The number of rotatable bonds is 1. The molecule has 0 aromatic heterocycles. The molecule has 3 N–H and O–H groups in total. The second-order valence-corrected chi connectivity index (χ2v) is 3.15. The molecule has 1 atom stereocenters. The Bertz CT molecular complexity index is 192. The number of amides is 1. The van der Waals surface area contributed by atoms with Crippen molar-refractivity contribution in [2.75, 3.05) is 0 Å². The fraction of sp³-hybridized carbons (Fsp3) is 0.667. The van der Waals surface area contributed by atoms with Crippen LogP contribution in [-0.2, 0) is 4.74 Å². The molecule has 4 heteroatoms. The van der Waals surface area contributed by atoms with E-state index in [1.54, 1.807) is 0 Å². The van der Waals surface area contributed by atoms with Crippen LogP contribution in [0.15, 0.2) is 12.2 Å². The molecule has 0 heterocycles. The van der Waals surface area contributed by atoms with Crippen molar-refractivity contribution >= 4 is 6.09 Å². The zero-order chi connectivity index (χ0) is 9.52. The molecule has 0 radical (unpaired) electrons. The van der Waals surface area contributed by atoms with Gasteiger partial charge in [-0.25, -0.2) is 10.6 Å². The first kappa shape index (κ1) is 10.1. The molecule has 1 unspecified atom stereocenters. The molecule has 0 aliphatic heterocycles. The van der Waals surface area contributed by atoms with Crippen molar-refractivity contribution in [3.63, 3.8) is 0 Å². The van der Waals surface area contributed by atoms with Crippen LogP contribution in [0.3, 0.4) is 0 Å². The van der Waals surface area contributed by atoms with Gasteiger partial charge in [0.25, 0.3) is 0 Å². The van der Waals surface area contributed by atoms with Crippen molar-refractivity contribution in [2.24, 2.45) is 5.84 Å². The van der Waals surface area contributed by atoms with Gasteiger partial charge in [-0.1, -0.05) is 12.5 Å². The highest BCUT2D eigenvalue weighted by molar-refractivity contribution is 5.66. The van der Waals surface area contributed by atoms with Crippen LogP contribution in [0.5, 0.6) is 0 Å². The number of carbonyl (C=O) groups is 1. The predicted molar refractivity (Wildman–Crippen MR) is 49.8 cm³/mol. The van der Waals surface area contributed by atoms with Gasteiger partial charge in [0.15, 0.2) is 0 Å². The lowest BCUT2D eigenvalue weighted by Gasteiger charge is -2.15. The summed E-state index contributed by atoms with van der Waals surface area (Å²) in [6.45, 7) is 0. The molecule has 13 heavy (non-hydrogen) atoms. The van der Waals surface area contributed by atoms with E-state index in [2.05, 4.69) is 6.08 Å². The summed E-state index contributed by atoms with van der Waals surface area (Å²) in [5, 5.41) is 0. The number of nitrogens with two attached hydrogens (primary N) is 1. The maximum atomic E-state index is 10.8. The molecule has 0 saturated heterocycles. The summed E-state index contributed by atoms with van der Waals surface area (Å²) in [5.41, 5.74) is 1.95. The van der Waals surface area contributed by atoms with Gasteiger partial charge in [-0.05, 0) is 31.8 Å². The highest BCUT2D eigenvalue weighted by atomic mass is 16.6. The van der Waals surface area contributed by atoms with E-state index >= 15 is 0 Å². The standard InChI is InChI=1S/C9H16N2O2/c10-11-9(12)13-8-6-4-2-1-3-5-7-8/h4,6,8H,1-3,5,7,10H2,(H,11,12)/b6-4+. The number of allylic oxidation sites excluding steroid dienone is 1. The fourth-order valence-corrected chi connectivity index (χ4v) is 1.40. The third-order valence-electron chi connectivity index (χ3n) is 2.09. The molecule has 0 bridgehead atoms. The minimum Gasteiger partial charge on any atom is -0.441 e. The van der Waals surface area contributed by atoms with Gasteiger partial charge >= 0.3 is 6.09 Å². The van der Waals surface area contributed by atoms with Gasteiger partial charge in [0.2, 0.25) is 0 Å². The lowest BCUT2D eigenvalue weighted by Crippen LogP contribution is -2.33. The molecular weight excluding hydrogens is 168 g/mol. The van der Waals surface area contributed by atoms with E-state index in [1.165, 1.54) is 12.8 Å². The number of nitrogens with one attached hydrogen (secondary N) is 1. The van der Waals surface area contributed by atoms with Crippen molar-refractivity contribution in [3.8, 4) is 0 Å². The van der Waals surface area contributed by atoms with Crippen molar-refractivity contribution in [1.29, 1.82) is 0 Å². The number of hydrazine groups is 1. The lowest BCUT2D eigenvalue weighted by atomic mass is 10.0. The van der Waals surface area contributed by atoms with Crippen LogP contribution in [0.2, 0.25) is 0 Å². The minimum atomic E-state index is -0.560. The third kappa shape index (κ3) is 3.94. The molecule has 0 aromatic carbocycles. The van der Waals surface area contributed by atoms with Crippen molar-refractivity contribution in [2.45, 2.75) is 38.2 Å². The lowest BCUT2D eigenvalue weighted by molar-refractivity contribution is 0.113. The maximum Gasteiger partial charge on any atom is 0.421 e. The zero-order valence-corrected chi connectivity index (χ0v) is 7.66. The quantitative estimate of drug-likeness (QED) is 0.281. The van der Waals surface area contributed by atoms with E-state index in [4.69, 9.17) is 10.6 Å². The molecule has 0 aromatic rings. The van der Waals surface area contributed by atoms with Gasteiger partial charge in [0.1, 0.15) is 6.10 Å². The Kier molecular flexibility index (Phi) is 4.32. The van der Waals surface area contributed by atoms with Crippen molar-refractivity contribution < 1.29 is 9.53 Å². The third-order valence-corrected chi connectivity index (χ3v) is 2.09. The zero-order valence-electron chi connectivity index (χ0n) is 7.66. The highest BCUT2D eigenvalue weighted by Crippen LogP contribution is 2.13. The molecule has 0 saturated carbocycles. The highest BCUT2D eigenvalue weighted by Gasteiger charge is 2.10. The first-order valence-corrected chi connectivity index (χ1v) is 4.67. The Balaban J connectivity index is 2.37. The van der Waals surface area contributed by atoms with Gasteiger partial charge in [0.05, 0.1) is 0 Å². The molecule has 0 fully saturated rings. The first-order chi connectivity index (χ1) is 6.33. The smallest absolute Gasteiger partial charge is 0.421 e. The second kappa shape index (κ2) is 5.59. The SMILES string of the molecule is NNC(=O)OC1/C=C/CCCCC1. The molecule has 1 amide bonds. The van der Waals surface area contributed by atoms with Crippen LogP contribution in [0, 0.1) is 0 Å². The molecule has 4 nitrogen and oxygen atoms in total. The summed E-state index contributed by atoms with van der Waals surface area (Å²) >= 11 is 0. The Morgan fingerprint density at radius 3 is 3.08 bits per heavy atom. The van der Waals surface area contributed by atoms with Crippen molar-refractivity contribution in [3.05, 3.63) is 12.2 Å². The van der Waals surface area contributed by atoms with E-state index in [1.807, 2.05) is 11.5 Å². The number of carbonyl (C=O) groups excluding carboxylic acids is 1. The monoisotopic (exact) mass is 184 g/mol. The predicted octanol–water partition coefficient (Wildman–Crippen LogP) is 1.48. The van der Waals surface area contributed by atoms with E-state index in [0.717, 1.165) is 19.3 Å². The summed E-state index contributed by atoms with van der Waals surface area (Å²) < 4.78 is 5.01. The first-order valence-electron chi connectivity index (χ1n) is 4.67. The van der Waals surface area contributed by atoms with Gasteiger partial charge in [-0.2, -0.15) is 0 Å². The Labute approximate surface area is 78.1 Å². The largest absolute Gasteiger partial charge is 0.441 e. The number of ether oxygens (including phenoxy) is 1. The van der Waals surface area contributed by atoms with Crippen LogP contribution in [0.1, 0.15) is 32.1 Å². The van der Waals surface area contributed by atoms with E-state index in [9.17, 15) is 4.79 Å². The summed E-state index contributed by atoms with van der Waals surface area (Å²) in [6, 6.07) is 0. The average molecular weight is 184 g/mol. The van der Waals surface area contributed by atoms with Crippen LogP contribution < -0.4 is 11.3 Å². The number of hydrogen-bond donors (Lipinski definition) is 2. The molecule has 1 aliphatic rings. The minimum absolute atomic E-state index is 0.108. The summed E-state index contributed by atoms with van der Waals surface area (Å²) in [5.74, 6) is 4.91. The molecule has 1 aliphatic carbocycles. The van der Waals surface area contributed by atoms with Crippen LogP contribution in [0.25, 0.3) is 0 Å². The van der Waals surface area contributed by atoms with E-state index in [-0.39, 0.29) is 6.10 Å². The summed E-state index contributed by atoms with van der Waals surface area (Å²) in [7, 11) is 0. The van der Waals surface area contributed by atoms with Gasteiger partial charge in [-0.15, -0.1) is 0 Å². The van der Waals surface area contributed by atoms with E-state index in [0.29, 0.717) is 0 Å². The Hall–Kier alpha value is -1.03. The molecule has 74 valence electrons. The fourth-order valence-electron chi connectivity index (χ4n) is 1.40. The summed E-state index contributed by atoms with van der Waals surface area (Å²) in [4.78, 5) is 10.8. The second-order valence-electron chi connectivity index (χ2n) is 3.15. The van der Waals surface area contributed by atoms with E-state index < -0.39 is 6.09 Å². The van der Waals surface area contributed by atoms with Gasteiger partial charge < -0.3 is 4.74 Å². The normalized spacial score (nSPS) is 25.5. The number of hydrogen-bond acceptors (Lipinski definition) is 3. The van der Waals surface area contributed by atoms with Gasteiger partial charge in [0, 0.05) is 0 Å². The average Bonchev–Trinajstić information content (AvgIpc) is 2.09. The van der Waals surface area contributed by atoms with Crippen molar-refractivity contribution in [1.82, 2.24) is 5.43 Å². The van der Waals surface area contributed by atoms with Gasteiger partial charge in [-0.3, -0.25) is 5.43 Å². The van der Waals surface area contributed by atoms with Crippen LogP contribution >= 0.6 is 0 Å². The maximum absolute atomic E-state index is 10.8. The molecule has 0 spiro atoms. The molecule has 1 rings (SSSR count). The topological polar surface area (TPSA) is 64.3 Å².